The molecule has 1 heterocycles. The van der Waals surface area contributed by atoms with Gasteiger partial charge in [0.2, 0.25) is 15.9 Å². The molecule has 134 valence electrons. The van der Waals surface area contributed by atoms with E-state index < -0.39 is 21.8 Å². The van der Waals surface area contributed by atoms with Crippen LogP contribution in [-0.4, -0.2) is 44.9 Å². The van der Waals surface area contributed by atoms with Gasteiger partial charge < -0.3 is 10.1 Å². The average molecular weight is 358 g/mol. The molecule has 1 atom stereocenters. The highest BCUT2D eigenvalue weighted by atomic mass is 32.2. The summed E-state index contributed by atoms with van der Waals surface area (Å²) in [4.78, 5) is 12.0. The lowest BCUT2D eigenvalue weighted by atomic mass is 9.98. The lowest BCUT2D eigenvalue weighted by molar-refractivity contribution is -0.126. The molecule has 0 saturated carbocycles. The summed E-state index contributed by atoms with van der Waals surface area (Å²) in [5.74, 6) is -1.13. The van der Waals surface area contributed by atoms with Gasteiger partial charge in [-0.15, -0.1) is 0 Å². The molecule has 8 heteroatoms. The molecule has 0 aromatic heterocycles. The van der Waals surface area contributed by atoms with Crippen molar-refractivity contribution in [2.24, 2.45) is 5.92 Å². The molecule has 1 saturated heterocycles. The highest BCUT2D eigenvalue weighted by molar-refractivity contribution is 7.89. The molecule has 0 unspecified atom stereocenters. The van der Waals surface area contributed by atoms with E-state index in [-0.39, 0.29) is 29.1 Å². The number of benzene rings is 1. The fraction of sp³-hybridized carbons (Fsp3) is 0.562. The summed E-state index contributed by atoms with van der Waals surface area (Å²) in [6.07, 6.45) is 1.21. The number of nitrogens with zero attached hydrogens (tertiary/aromatic N) is 1. The highest BCUT2D eigenvalue weighted by Gasteiger charge is 2.35. The Kier molecular flexibility index (Phi) is 5.82. The Labute approximate surface area is 142 Å². The van der Waals surface area contributed by atoms with Gasteiger partial charge in [-0.25, -0.2) is 12.8 Å². The zero-order valence-corrected chi connectivity index (χ0v) is 14.9. The predicted octanol–water partition coefficient (Wildman–Crippen LogP) is 1.76. The fourth-order valence-electron chi connectivity index (χ4n) is 2.77. The fourth-order valence-corrected chi connectivity index (χ4v) is 4.46. The maximum atomic E-state index is 13.5. The van der Waals surface area contributed by atoms with E-state index >= 15 is 0 Å². The molecule has 0 radical (unpaired) electrons. The maximum absolute atomic E-state index is 13.5. The van der Waals surface area contributed by atoms with Gasteiger partial charge in [0.15, 0.2) is 0 Å². The third-order valence-corrected chi connectivity index (χ3v) is 5.82. The Hall–Kier alpha value is -1.67. The van der Waals surface area contributed by atoms with E-state index in [4.69, 9.17) is 4.74 Å². The molecule has 1 fully saturated rings. The van der Waals surface area contributed by atoms with Gasteiger partial charge >= 0.3 is 0 Å². The number of hydrogen-bond donors (Lipinski definition) is 1. The number of methoxy groups -OCH3 is 1. The van der Waals surface area contributed by atoms with Crippen molar-refractivity contribution in [3.8, 4) is 5.75 Å². The molecule has 6 nitrogen and oxygen atoms in total. The normalized spacial score (nSPS) is 19.3. The quantitative estimate of drug-likeness (QED) is 0.870. The lowest BCUT2D eigenvalue weighted by Gasteiger charge is -2.31. The lowest BCUT2D eigenvalue weighted by Crippen LogP contribution is -2.46. The molecule has 24 heavy (non-hydrogen) atoms. The third-order valence-electron chi connectivity index (χ3n) is 3.93. The summed E-state index contributed by atoms with van der Waals surface area (Å²) in [5.41, 5.74) is 0. The average Bonchev–Trinajstić information content (AvgIpc) is 2.54. The van der Waals surface area contributed by atoms with Crippen LogP contribution in [0, 0.1) is 11.7 Å². The Morgan fingerprint density at radius 3 is 2.75 bits per heavy atom. The molecule has 1 aromatic rings. The topological polar surface area (TPSA) is 75.7 Å². The number of carbonyl (C=O) groups is 1. The first-order valence-electron chi connectivity index (χ1n) is 7.89. The zero-order valence-electron chi connectivity index (χ0n) is 14.1. The van der Waals surface area contributed by atoms with E-state index in [2.05, 4.69) is 5.32 Å². The van der Waals surface area contributed by atoms with E-state index in [9.17, 15) is 17.6 Å². The Morgan fingerprint density at radius 1 is 1.42 bits per heavy atom. The second-order valence-electron chi connectivity index (χ2n) is 6.16. The largest absolute Gasteiger partial charge is 0.495 e. The summed E-state index contributed by atoms with van der Waals surface area (Å²) in [6.45, 7) is 4.09. The molecule has 1 N–H and O–H groups in total. The van der Waals surface area contributed by atoms with Gasteiger partial charge in [-0.05, 0) is 44.9 Å². The van der Waals surface area contributed by atoms with Gasteiger partial charge in [-0.2, -0.15) is 4.31 Å². The van der Waals surface area contributed by atoms with Crippen LogP contribution in [0.1, 0.15) is 26.7 Å². The highest BCUT2D eigenvalue weighted by Crippen LogP contribution is 2.30. The van der Waals surface area contributed by atoms with Crippen LogP contribution < -0.4 is 10.1 Å². The first-order valence-corrected chi connectivity index (χ1v) is 9.33. The van der Waals surface area contributed by atoms with Crippen LogP contribution in [0.5, 0.6) is 5.75 Å². The minimum Gasteiger partial charge on any atom is -0.495 e. The summed E-state index contributed by atoms with van der Waals surface area (Å²) in [5, 5.41) is 2.81. The van der Waals surface area contributed by atoms with E-state index in [1.807, 2.05) is 13.8 Å². The first-order chi connectivity index (χ1) is 11.3. The summed E-state index contributed by atoms with van der Waals surface area (Å²) >= 11 is 0. The van der Waals surface area contributed by atoms with E-state index in [0.717, 1.165) is 12.1 Å². The molecule has 1 aliphatic rings. The Morgan fingerprint density at radius 2 is 2.12 bits per heavy atom. The van der Waals surface area contributed by atoms with Gasteiger partial charge in [0.05, 0.1) is 13.0 Å². The molecule has 2 rings (SSSR count). The molecule has 0 aliphatic carbocycles. The van der Waals surface area contributed by atoms with Crippen molar-refractivity contribution in [2.75, 3.05) is 20.2 Å². The summed E-state index contributed by atoms with van der Waals surface area (Å²) < 4.78 is 45.5. The van der Waals surface area contributed by atoms with Crippen LogP contribution >= 0.6 is 0 Å². The second kappa shape index (κ2) is 7.48. The van der Waals surface area contributed by atoms with Crippen LogP contribution in [0.3, 0.4) is 0 Å². The monoisotopic (exact) mass is 358 g/mol. The van der Waals surface area contributed by atoms with Crippen LogP contribution in [0.25, 0.3) is 0 Å². The summed E-state index contributed by atoms with van der Waals surface area (Å²) in [7, 11) is -2.60. The minimum atomic E-state index is -3.93. The molecule has 1 aliphatic heterocycles. The zero-order chi connectivity index (χ0) is 17.9. The van der Waals surface area contributed by atoms with Gasteiger partial charge in [0.25, 0.3) is 0 Å². The Bertz CT molecular complexity index is 706. The number of ether oxygens (including phenoxy) is 1. The van der Waals surface area contributed by atoms with Crippen molar-refractivity contribution in [1.82, 2.24) is 9.62 Å². The number of amides is 1. The van der Waals surface area contributed by atoms with Gasteiger partial charge in [-0.1, -0.05) is 0 Å². The Balaban J connectivity index is 2.26. The van der Waals surface area contributed by atoms with Crippen molar-refractivity contribution in [1.29, 1.82) is 0 Å². The van der Waals surface area contributed by atoms with Crippen molar-refractivity contribution < 1.29 is 22.3 Å². The number of halogens is 1. The minimum absolute atomic E-state index is 0.00667. The molecular weight excluding hydrogens is 335 g/mol. The van der Waals surface area contributed by atoms with Crippen LogP contribution in [-0.2, 0) is 14.8 Å². The van der Waals surface area contributed by atoms with Crippen molar-refractivity contribution >= 4 is 15.9 Å². The van der Waals surface area contributed by atoms with Gasteiger partial charge in [0, 0.05) is 19.1 Å². The smallest absolute Gasteiger partial charge is 0.246 e. The summed E-state index contributed by atoms with van der Waals surface area (Å²) in [6, 6.07) is 3.38. The predicted molar refractivity (Wildman–Crippen MR) is 87.7 cm³/mol. The number of rotatable bonds is 5. The third kappa shape index (κ3) is 4.05. The van der Waals surface area contributed by atoms with E-state index in [1.54, 1.807) is 0 Å². The van der Waals surface area contributed by atoms with Crippen molar-refractivity contribution in [2.45, 2.75) is 37.6 Å². The molecular formula is C16H23FN2O4S. The SMILES string of the molecule is COc1ccc(F)cc1S(=O)(=O)N1CCC[C@@H](C(=O)NC(C)C)C1. The second-order valence-corrected chi connectivity index (χ2v) is 8.07. The van der Waals surface area contributed by atoms with Crippen LogP contribution in [0.4, 0.5) is 4.39 Å². The van der Waals surface area contributed by atoms with Gasteiger partial charge in [0.1, 0.15) is 16.5 Å². The number of piperidine rings is 1. The standard InChI is InChI=1S/C16H23FN2O4S/c1-11(2)18-16(20)12-5-4-8-19(10-12)24(21,22)15-9-13(17)6-7-14(15)23-3/h6-7,9,11-12H,4-5,8,10H2,1-3H3,(H,18,20)/t12-/m1/s1. The molecule has 1 aromatic carbocycles. The molecule has 0 spiro atoms. The van der Waals surface area contributed by atoms with Crippen molar-refractivity contribution in [3.63, 3.8) is 0 Å². The van der Waals surface area contributed by atoms with Crippen LogP contribution in [0.15, 0.2) is 23.1 Å². The first kappa shape index (κ1) is 18.7. The number of nitrogens with one attached hydrogen (secondary N) is 1. The number of hydrogen-bond acceptors (Lipinski definition) is 4. The van der Waals surface area contributed by atoms with E-state index in [0.29, 0.717) is 19.4 Å². The van der Waals surface area contributed by atoms with E-state index in [1.165, 1.54) is 17.5 Å². The number of carbonyl (C=O) groups excluding carboxylic acids is 1. The molecule has 1 amide bonds. The van der Waals surface area contributed by atoms with Gasteiger partial charge in [-0.3, -0.25) is 4.79 Å². The molecule has 0 bridgehead atoms. The van der Waals surface area contributed by atoms with Crippen molar-refractivity contribution in [3.05, 3.63) is 24.0 Å². The van der Waals surface area contributed by atoms with Crippen LogP contribution in [0.2, 0.25) is 0 Å². The number of sulfonamides is 1. The maximum Gasteiger partial charge on any atom is 0.246 e.